The van der Waals surface area contributed by atoms with Crippen LogP contribution in [0.3, 0.4) is 0 Å². The first-order valence-corrected chi connectivity index (χ1v) is 8.78. The van der Waals surface area contributed by atoms with Gasteiger partial charge in [-0.2, -0.15) is 0 Å². The topological polar surface area (TPSA) is 24.5 Å². The SMILES string of the molecule is CC1(CN2CCC(Oc3cccc(Br)c3)CC2)CCNC1. The van der Waals surface area contributed by atoms with Crippen molar-refractivity contribution in [1.29, 1.82) is 0 Å². The molecule has 0 aromatic heterocycles. The molecule has 116 valence electrons. The van der Waals surface area contributed by atoms with Gasteiger partial charge in [0.1, 0.15) is 11.9 Å². The largest absolute Gasteiger partial charge is 0.490 e. The van der Waals surface area contributed by atoms with Gasteiger partial charge < -0.3 is 15.0 Å². The third-order valence-electron chi connectivity index (χ3n) is 4.70. The number of benzene rings is 1. The van der Waals surface area contributed by atoms with E-state index in [-0.39, 0.29) is 0 Å². The fourth-order valence-corrected chi connectivity index (χ4v) is 3.84. The third-order valence-corrected chi connectivity index (χ3v) is 5.19. The molecule has 21 heavy (non-hydrogen) atoms. The van der Waals surface area contributed by atoms with Crippen molar-refractivity contribution in [3.8, 4) is 5.75 Å². The van der Waals surface area contributed by atoms with Gasteiger partial charge in [0.15, 0.2) is 0 Å². The Morgan fingerprint density at radius 1 is 1.38 bits per heavy atom. The van der Waals surface area contributed by atoms with Crippen LogP contribution >= 0.6 is 15.9 Å². The van der Waals surface area contributed by atoms with Crippen LogP contribution < -0.4 is 10.1 Å². The molecule has 1 aromatic carbocycles. The summed E-state index contributed by atoms with van der Waals surface area (Å²) in [6, 6.07) is 8.16. The fraction of sp³-hybridized carbons (Fsp3) is 0.647. The zero-order valence-electron chi connectivity index (χ0n) is 12.8. The van der Waals surface area contributed by atoms with Crippen LogP contribution in [0.2, 0.25) is 0 Å². The number of rotatable bonds is 4. The Morgan fingerprint density at radius 2 is 2.19 bits per heavy atom. The molecular formula is C17H25BrN2O. The Labute approximate surface area is 136 Å². The van der Waals surface area contributed by atoms with Crippen LogP contribution in [-0.4, -0.2) is 43.7 Å². The molecule has 2 saturated heterocycles. The number of likely N-dealkylation sites (tertiary alicyclic amines) is 1. The molecule has 1 aromatic rings. The van der Waals surface area contributed by atoms with Crippen LogP contribution in [0.1, 0.15) is 26.2 Å². The molecule has 2 aliphatic rings. The van der Waals surface area contributed by atoms with Crippen LogP contribution in [0.25, 0.3) is 0 Å². The first-order valence-electron chi connectivity index (χ1n) is 7.98. The number of hydrogen-bond acceptors (Lipinski definition) is 3. The van der Waals surface area contributed by atoms with Gasteiger partial charge in [0.05, 0.1) is 0 Å². The molecule has 4 heteroatoms. The van der Waals surface area contributed by atoms with E-state index in [1.54, 1.807) is 0 Å². The van der Waals surface area contributed by atoms with E-state index < -0.39 is 0 Å². The normalized spacial score (nSPS) is 27.9. The fourth-order valence-electron chi connectivity index (χ4n) is 3.46. The Kier molecular flexibility index (Phi) is 4.87. The first kappa shape index (κ1) is 15.3. The van der Waals surface area contributed by atoms with Crippen LogP contribution in [-0.2, 0) is 0 Å². The minimum atomic E-state index is 0.366. The average molecular weight is 353 g/mol. The molecule has 0 radical (unpaired) electrons. The lowest BCUT2D eigenvalue weighted by Gasteiger charge is -2.37. The standard InChI is InChI=1S/C17H25BrN2O/c1-17(7-8-19-12-17)13-20-9-5-15(6-10-20)21-16-4-2-3-14(18)11-16/h2-4,11,15,19H,5-10,12-13H2,1H3. The molecule has 0 spiro atoms. The molecule has 3 nitrogen and oxygen atoms in total. The van der Waals surface area contributed by atoms with E-state index in [9.17, 15) is 0 Å². The number of ether oxygens (including phenoxy) is 1. The van der Waals surface area contributed by atoms with E-state index >= 15 is 0 Å². The second-order valence-corrected chi connectivity index (χ2v) is 7.70. The molecule has 1 atom stereocenters. The monoisotopic (exact) mass is 352 g/mol. The van der Waals surface area contributed by atoms with Gasteiger partial charge in [-0.1, -0.05) is 28.9 Å². The maximum absolute atomic E-state index is 6.11. The van der Waals surface area contributed by atoms with Crippen molar-refractivity contribution < 1.29 is 4.74 Å². The summed E-state index contributed by atoms with van der Waals surface area (Å²) in [6.45, 7) is 8.31. The highest BCUT2D eigenvalue weighted by atomic mass is 79.9. The number of halogens is 1. The predicted octanol–water partition coefficient (Wildman–Crippen LogP) is 3.29. The quantitative estimate of drug-likeness (QED) is 0.899. The first-order chi connectivity index (χ1) is 10.1. The Hall–Kier alpha value is -0.580. The minimum Gasteiger partial charge on any atom is -0.490 e. The van der Waals surface area contributed by atoms with E-state index in [2.05, 4.69) is 39.1 Å². The highest BCUT2D eigenvalue weighted by Gasteiger charge is 2.32. The minimum absolute atomic E-state index is 0.366. The number of piperidine rings is 1. The van der Waals surface area contributed by atoms with E-state index in [1.807, 2.05) is 18.2 Å². The van der Waals surface area contributed by atoms with Crippen molar-refractivity contribution >= 4 is 15.9 Å². The lowest BCUT2D eigenvalue weighted by atomic mass is 9.88. The third kappa shape index (κ3) is 4.21. The molecule has 2 fully saturated rings. The van der Waals surface area contributed by atoms with Crippen LogP contribution in [0, 0.1) is 5.41 Å². The zero-order valence-corrected chi connectivity index (χ0v) is 14.4. The van der Waals surface area contributed by atoms with E-state index in [0.717, 1.165) is 36.2 Å². The summed E-state index contributed by atoms with van der Waals surface area (Å²) >= 11 is 3.50. The number of nitrogens with zero attached hydrogens (tertiary/aromatic N) is 1. The van der Waals surface area contributed by atoms with Crippen molar-refractivity contribution in [1.82, 2.24) is 10.2 Å². The predicted molar refractivity (Wildman–Crippen MR) is 89.8 cm³/mol. The lowest BCUT2D eigenvalue weighted by molar-refractivity contribution is 0.0775. The highest BCUT2D eigenvalue weighted by Crippen LogP contribution is 2.28. The van der Waals surface area contributed by atoms with E-state index in [0.29, 0.717) is 11.5 Å². The second-order valence-electron chi connectivity index (χ2n) is 6.79. The van der Waals surface area contributed by atoms with Gasteiger partial charge in [0, 0.05) is 30.7 Å². The van der Waals surface area contributed by atoms with Crippen molar-refractivity contribution in [3.63, 3.8) is 0 Å². The van der Waals surface area contributed by atoms with Crippen LogP contribution in [0.5, 0.6) is 5.75 Å². The summed E-state index contributed by atoms with van der Waals surface area (Å²) in [6.07, 6.45) is 3.94. The summed E-state index contributed by atoms with van der Waals surface area (Å²) in [7, 11) is 0. The molecule has 0 aliphatic carbocycles. The summed E-state index contributed by atoms with van der Waals surface area (Å²) in [5.41, 5.74) is 0.470. The second kappa shape index (κ2) is 6.67. The van der Waals surface area contributed by atoms with Gasteiger partial charge in [-0.3, -0.25) is 0 Å². The Bertz CT molecular complexity index is 466. The highest BCUT2D eigenvalue weighted by molar-refractivity contribution is 9.10. The van der Waals surface area contributed by atoms with Crippen molar-refractivity contribution in [3.05, 3.63) is 28.7 Å². The van der Waals surface area contributed by atoms with Gasteiger partial charge in [-0.25, -0.2) is 0 Å². The maximum Gasteiger partial charge on any atom is 0.120 e. The van der Waals surface area contributed by atoms with Gasteiger partial charge in [-0.15, -0.1) is 0 Å². The number of nitrogens with one attached hydrogen (secondary N) is 1. The number of hydrogen-bond donors (Lipinski definition) is 1. The van der Waals surface area contributed by atoms with Gasteiger partial charge in [0.2, 0.25) is 0 Å². The molecule has 3 rings (SSSR count). The summed E-state index contributed by atoms with van der Waals surface area (Å²) < 4.78 is 7.19. The van der Waals surface area contributed by atoms with Crippen LogP contribution in [0.4, 0.5) is 0 Å². The molecule has 0 bridgehead atoms. The summed E-state index contributed by atoms with van der Waals surface area (Å²) in [5.74, 6) is 0.981. The zero-order chi connectivity index (χ0) is 14.7. The Balaban J connectivity index is 1.46. The molecule has 0 saturated carbocycles. The Morgan fingerprint density at radius 3 is 2.86 bits per heavy atom. The van der Waals surface area contributed by atoms with Gasteiger partial charge >= 0.3 is 0 Å². The average Bonchev–Trinajstić information content (AvgIpc) is 2.88. The molecule has 1 N–H and O–H groups in total. The van der Waals surface area contributed by atoms with Crippen LogP contribution in [0.15, 0.2) is 28.7 Å². The molecule has 1 unspecified atom stereocenters. The van der Waals surface area contributed by atoms with Crippen molar-refractivity contribution in [2.24, 2.45) is 5.41 Å². The van der Waals surface area contributed by atoms with Gasteiger partial charge in [-0.05, 0) is 49.4 Å². The smallest absolute Gasteiger partial charge is 0.120 e. The van der Waals surface area contributed by atoms with E-state index in [4.69, 9.17) is 4.74 Å². The molecule has 0 amide bonds. The summed E-state index contributed by atoms with van der Waals surface area (Å²) in [4.78, 5) is 2.62. The van der Waals surface area contributed by atoms with Crippen molar-refractivity contribution in [2.75, 3.05) is 32.7 Å². The molecular weight excluding hydrogens is 328 g/mol. The summed E-state index contributed by atoms with van der Waals surface area (Å²) in [5, 5.41) is 3.49. The van der Waals surface area contributed by atoms with E-state index in [1.165, 1.54) is 26.1 Å². The lowest BCUT2D eigenvalue weighted by Crippen LogP contribution is -2.44. The maximum atomic E-state index is 6.11. The molecule has 2 heterocycles. The van der Waals surface area contributed by atoms with Gasteiger partial charge in [0.25, 0.3) is 0 Å². The van der Waals surface area contributed by atoms with Crippen molar-refractivity contribution in [2.45, 2.75) is 32.3 Å². The molecule has 2 aliphatic heterocycles.